The van der Waals surface area contributed by atoms with Gasteiger partial charge in [-0.2, -0.15) is 0 Å². The zero-order chi connectivity index (χ0) is 14.1. The second-order valence-corrected chi connectivity index (χ2v) is 7.50. The number of aliphatic hydroxyl groups is 1. The minimum atomic E-state index is 0.0578. The molecule has 1 amide bonds. The minimum Gasteiger partial charge on any atom is -0.396 e. The van der Waals surface area contributed by atoms with Gasteiger partial charge in [0.15, 0.2) is 0 Å². The van der Waals surface area contributed by atoms with Gasteiger partial charge in [-0.1, -0.05) is 13.3 Å². The molecule has 3 unspecified atom stereocenters. The number of aryl methyl sites for hydroxylation is 1. The summed E-state index contributed by atoms with van der Waals surface area (Å²) in [5, 5.41) is 12.5. The molecule has 0 aliphatic heterocycles. The average molecular weight is 293 g/mol. The lowest BCUT2D eigenvalue weighted by Gasteiger charge is -2.18. The van der Waals surface area contributed by atoms with Gasteiger partial charge in [0.25, 0.3) is 5.91 Å². The van der Waals surface area contributed by atoms with E-state index in [1.54, 1.807) is 11.3 Å². The number of hydrogen-bond donors (Lipinski definition) is 2. The number of nitrogens with one attached hydrogen (secondary N) is 1. The van der Waals surface area contributed by atoms with Gasteiger partial charge in [0, 0.05) is 23.4 Å². The van der Waals surface area contributed by atoms with Gasteiger partial charge < -0.3 is 10.4 Å². The molecule has 20 heavy (non-hydrogen) atoms. The molecule has 1 aromatic heterocycles. The molecular weight excluding hydrogens is 270 g/mol. The van der Waals surface area contributed by atoms with Crippen molar-refractivity contribution >= 4 is 17.2 Å². The molecule has 0 saturated heterocycles. The van der Waals surface area contributed by atoms with Crippen molar-refractivity contribution in [2.24, 2.45) is 11.8 Å². The molecule has 0 radical (unpaired) electrons. The van der Waals surface area contributed by atoms with E-state index in [0.717, 1.165) is 42.9 Å². The third kappa shape index (κ3) is 2.77. The predicted octanol–water partition coefficient (Wildman–Crippen LogP) is 2.76. The Kier molecular flexibility index (Phi) is 4.13. The second-order valence-electron chi connectivity index (χ2n) is 6.36. The van der Waals surface area contributed by atoms with E-state index in [1.807, 2.05) is 0 Å². The van der Waals surface area contributed by atoms with Crippen LogP contribution in [0.15, 0.2) is 6.07 Å². The van der Waals surface area contributed by atoms with Crippen LogP contribution < -0.4 is 5.32 Å². The average Bonchev–Trinajstić information content (AvgIpc) is 3.04. The van der Waals surface area contributed by atoms with Gasteiger partial charge in [-0.25, -0.2) is 0 Å². The van der Waals surface area contributed by atoms with Crippen molar-refractivity contribution in [3.8, 4) is 0 Å². The van der Waals surface area contributed by atoms with E-state index in [1.165, 1.54) is 16.9 Å². The Morgan fingerprint density at radius 1 is 1.45 bits per heavy atom. The van der Waals surface area contributed by atoms with Crippen LogP contribution in [-0.2, 0) is 12.8 Å². The summed E-state index contributed by atoms with van der Waals surface area (Å²) in [5.41, 5.74) is 1.38. The van der Waals surface area contributed by atoms with Gasteiger partial charge in [0.2, 0.25) is 0 Å². The first-order chi connectivity index (χ1) is 9.67. The molecule has 1 aromatic rings. The fourth-order valence-electron chi connectivity index (χ4n) is 3.50. The summed E-state index contributed by atoms with van der Waals surface area (Å²) in [4.78, 5) is 14.6. The molecule has 2 aliphatic rings. The van der Waals surface area contributed by atoms with Gasteiger partial charge in [0.05, 0.1) is 4.88 Å². The van der Waals surface area contributed by atoms with Gasteiger partial charge in [-0.3, -0.25) is 4.79 Å². The first kappa shape index (κ1) is 14.1. The molecule has 3 nitrogen and oxygen atoms in total. The Labute approximate surface area is 124 Å². The van der Waals surface area contributed by atoms with Crippen LogP contribution in [0, 0.1) is 11.8 Å². The number of aliphatic hydroxyl groups excluding tert-OH is 1. The molecule has 4 heteroatoms. The molecule has 0 bridgehead atoms. The molecule has 1 fully saturated rings. The fraction of sp³-hybridized carbons (Fsp3) is 0.688. The molecule has 0 aromatic carbocycles. The van der Waals surface area contributed by atoms with E-state index in [4.69, 9.17) is 0 Å². The fourth-order valence-corrected chi connectivity index (χ4v) is 4.61. The lowest BCUT2D eigenvalue weighted by Crippen LogP contribution is -2.38. The number of hydrogen-bond acceptors (Lipinski definition) is 3. The minimum absolute atomic E-state index is 0.0578. The van der Waals surface area contributed by atoms with Crippen LogP contribution in [0.25, 0.3) is 0 Å². The number of thiophene rings is 1. The van der Waals surface area contributed by atoms with Crippen molar-refractivity contribution in [2.75, 3.05) is 6.61 Å². The highest BCUT2D eigenvalue weighted by Crippen LogP contribution is 2.32. The van der Waals surface area contributed by atoms with Crippen molar-refractivity contribution in [1.29, 1.82) is 0 Å². The zero-order valence-corrected chi connectivity index (χ0v) is 12.8. The molecule has 2 aliphatic carbocycles. The molecule has 3 atom stereocenters. The molecule has 2 N–H and O–H groups in total. The number of amides is 1. The van der Waals surface area contributed by atoms with E-state index in [-0.39, 0.29) is 24.5 Å². The summed E-state index contributed by atoms with van der Waals surface area (Å²) < 4.78 is 0. The lowest BCUT2D eigenvalue weighted by molar-refractivity contribution is 0.0920. The second kappa shape index (κ2) is 5.86. The highest BCUT2D eigenvalue weighted by Gasteiger charge is 2.29. The van der Waals surface area contributed by atoms with Crippen molar-refractivity contribution in [1.82, 2.24) is 5.32 Å². The van der Waals surface area contributed by atoms with Gasteiger partial charge in [0.1, 0.15) is 0 Å². The van der Waals surface area contributed by atoms with Crippen LogP contribution in [0.4, 0.5) is 0 Å². The number of carbonyl (C=O) groups excluding carboxylic acids is 1. The Hall–Kier alpha value is -0.870. The van der Waals surface area contributed by atoms with E-state index in [2.05, 4.69) is 18.3 Å². The first-order valence-corrected chi connectivity index (χ1v) is 8.52. The summed E-state index contributed by atoms with van der Waals surface area (Å²) in [6, 6.07) is 2.25. The maximum Gasteiger partial charge on any atom is 0.261 e. The van der Waals surface area contributed by atoms with Crippen molar-refractivity contribution in [3.63, 3.8) is 0 Å². The summed E-state index contributed by atoms with van der Waals surface area (Å²) in [5.74, 6) is 1.04. The Morgan fingerprint density at radius 2 is 2.30 bits per heavy atom. The van der Waals surface area contributed by atoms with E-state index in [0.29, 0.717) is 0 Å². The predicted molar refractivity (Wildman–Crippen MR) is 81.2 cm³/mol. The van der Waals surface area contributed by atoms with Gasteiger partial charge >= 0.3 is 0 Å². The molecule has 1 saturated carbocycles. The molecule has 0 spiro atoms. The van der Waals surface area contributed by atoms with Gasteiger partial charge in [-0.15, -0.1) is 11.3 Å². The highest BCUT2D eigenvalue weighted by molar-refractivity contribution is 7.14. The normalized spacial score (nSPS) is 29.2. The number of fused-ring (bicyclic) bond motifs is 1. The monoisotopic (exact) mass is 293 g/mol. The topological polar surface area (TPSA) is 49.3 Å². The van der Waals surface area contributed by atoms with Gasteiger partial charge in [-0.05, 0) is 49.7 Å². The van der Waals surface area contributed by atoms with Crippen LogP contribution >= 0.6 is 11.3 Å². The highest BCUT2D eigenvalue weighted by atomic mass is 32.1. The smallest absolute Gasteiger partial charge is 0.261 e. The van der Waals surface area contributed by atoms with Crippen molar-refractivity contribution in [3.05, 3.63) is 21.4 Å². The summed E-state index contributed by atoms with van der Waals surface area (Å²) in [6.45, 7) is 2.47. The van der Waals surface area contributed by atoms with E-state index in [9.17, 15) is 9.90 Å². The van der Waals surface area contributed by atoms with Crippen LogP contribution in [-0.4, -0.2) is 23.7 Å². The Balaban J connectivity index is 1.68. The summed E-state index contributed by atoms with van der Waals surface area (Å²) in [6.07, 6.45) is 6.61. The van der Waals surface area contributed by atoms with E-state index >= 15 is 0 Å². The quantitative estimate of drug-likeness (QED) is 0.900. The largest absolute Gasteiger partial charge is 0.396 e. The molecular formula is C16H23NO2S. The molecule has 3 rings (SSSR count). The molecule has 110 valence electrons. The third-order valence-corrected chi connectivity index (χ3v) is 6.00. The zero-order valence-electron chi connectivity index (χ0n) is 12.0. The van der Waals surface area contributed by atoms with Crippen LogP contribution in [0.2, 0.25) is 0 Å². The number of rotatable bonds is 3. The Morgan fingerprint density at radius 3 is 3.10 bits per heavy atom. The lowest BCUT2D eigenvalue weighted by atomic mass is 9.90. The van der Waals surface area contributed by atoms with Crippen molar-refractivity contribution in [2.45, 2.75) is 51.5 Å². The summed E-state index contributed by atoms with van der Waals surface area (Å²) >= 11 is 1.66. The van der Waals surface area contributed by atoms with Crippen LogP contribution in [0.1, 0.15) is 52.7 Å². The Bertz CT molecular complexity index is 497. The van der Waals surface area contributed by atoms with Crippen molar-refractivity contribution < 1.29 is 9.90 Å². The van der Waals surface area contributed by atoms with Crippen LogP contribution in [0.5, 0.6) is 0 Å². The summed E-state index contributed by atoms with van der Waals surface area (Å²) in [7, 11) is 0. The van der Waals surface area contributed by atoms with E-state index < -0.39 is 0 Å². The number of carbonyl (C=O) groups is 1. The maximum absolute atomic E-state index is 12.4. The maximum atomic E-state index is 12.4. The van der Waals surface area contributed by atoms with Crippen LogP contribution in [0.3, 0.4) is 0 Å². The third-order valence-electron chi connectivity index (χ3n) is 4.76. The molecule has 1 heterocycles. The standard InChI is InChI=1S/C16H23NO2S/c1-10-5-6-14-12(7-10)8-15(20-14)16(19)17-13-4-2-3-11(13)9-18/h8,10-11,13,18H,2-7,9H2,1H3,(H,17,19). The first-order valence-electron chi connectivity index (χ1n) is 7.70. The SMILES string of the molecule is CC1CCc2sc(C(=O)NC3CCCC3CO)cc2C1.